The molecule has 1 aromatic rings. The van der Waals surface area contributed by atoms with E-state index in [9.17, 15) is 0 Å². The topological polar surface area (TPSA) is 45.2 Å². The second-order valence-corrected chi connectivity index (χ2v) is 4.48. The Hall–Kier alpha value is -0.580. The number of rotatable bonds is 3. The van der Waals surface area contributed by atoms with Crippen LogP contribution in [0.2, 0.25) is 0 Å². The Balaban J connectivity index is 1.96. The summed E-state index contributed by atoms with van der Waals surface area (Å²) in [5, 5.41) is 12.6. The van der Waals surface area contributed by atoms with Gasteiger partial charge in [-0.05, 0) is 18.6 Å². The first-order chi connectivity index (χ1) is 6.90. The summed E-state index contributed by atoms with van der Waals surface area (Å²) in [7, 11) is 0. The average Bonchev–Trinajstić information content (AvgIpc) is 2.68. The van der Waals surface area contributed by atoms with E-state index in [2.05, 4.69) is 10.3 Å². The largest absolute Gasteiger partial charge is 0.396 e. The molecule has 2 rings (SSSR count). The molecular formula is C10H14N2OS. The summed E-state index contributed by atoms with van der Waals surface area (Å²) in [5.41, 5.74) is 1.08. The molecule has 1 aliphatic heterocycles. The Labute approximate surface area is 87.9 Å². The maximum atomic E-state index is 8.82. The summed E-state index contributed by atoms with van der Waals surface area (Å²) in [4.78, 5) is 4.31. The lowest BCUT2D eigenvalue weighted by Gasteiger charge is -2.11. The van der Waals surface area contributed by atoms with Crippen molar-refractivity contribution in [1.82, 2.24) is 10.3 Å². The first kappa shape index (κ1) is 9.96. The normalized spacial score (nSPS) is 26.6. The van der Waals surface area contributed by atoms with Crippen LogP contribution in [0.5, 0.6) is 0 Å². The van der Waals surface area contributed by atoms with Gasteiger partial charge >= 0.3 is 0 Å². The lowest BCUT2D eigenvalue weighted by molar-refractivity contribution is 0.271. The molecule has 1 aromatic heterocycles. The highest BCUT2D eigenvalue weighted by molar-refractivity contribution is 7.99. The first-order valence-electron chi connectivity index (χ1n) is 4.79. The highest BCUT2D eigenvalue weighted by atomic mass is 32.2. The van der Waals surface area contributed by atoms with Crippen molar-refractivity contribution in [2.24, 2.45) is 0 Å². The van der Waals surface area contributed by atoms with Gasteiger partial charge in [0.15, 0.2) is 0 Å². The highest BCUT2D eigenvalue weighted by Crippen LogP contribution is 2.31. The van der Waals surface area contributed by atoms with Crippen LogP contribution in [0.3, 0.4) is 0 Å². The molecular weight excluding hydrogens is 196 g/mol. The molecule has 2 heterocycles. The van der Waals surface area contributed by atoms with Crippen molar-refractivity contribution in [2.75, 3.05) is 12.4 Å². The summed E-state index contributed by atoms with van der Waals surface area (Å²) in [6.45, 7) is 0.257. The van der Waals surface area contributed by atoms with Crippen molar-refractivity contribution in [1.29, 1.82) is 0 Å². The third-order valence-corrected chi connectivity index (χ3v) is 3.59. The standard InChI is InChI=1S/C10H14N2OS/c13-6-4-8-7-14-10(12-8)9-3-1-2-5-11-9/h1-3,5,8,10,12-13H,4,6-7H2. The maximum Gasteiger partial charge on any atom is 0.0964 e. The number of pyridine rings is 1. The van der Waals surface area contributed by atoms with Crippen LogP contribution in [0.15, 0.2) is 24.4 Å². The summed E-state index contributed by atoms with van der Waals surface area (Å²) in [6, 6.07) is 6.39. The van der Waals surface area contributed by atoms with Crippen LogP contribution in [-0.2, 0) is 0 Å². The minimum absolute atomic E-state index is 0.257. The van der Waals surface area contributed by atoms with E-state index in [1.165, 1.54) is 0 Å². The molecule has 1 fully saturated rings. The van der Waals surface area contributed by atoms with Gasteiger partial charge < -0.3 is 5.11 Å². The van der Waals surface area contributed by atoms with Crippen LogP contribution in [0.25, 0.3) is 0 Å². The van der Waals surface area contributed by atoms with Crippen LogP contribution >= 0.6 is 11.8 Å². The van der Waals surface area contributed by atoms with Gasteiger partial charge in [-0.1, -0.05) is 6.07 Å². The van der Waals surface area contributed by atoms with Gasteiger partial charge in [-0.2, -0.15) is 0 Å². The molecule has 2 N–H and O–H groups in total. The Morgan fingerprint density at radius 3 is 3.21 bits per heavy atom. The molecule has 0 bridgehead atoms. The van der Waals surface area contributed by atoms with Gasteiger partial charge in [-0.25, -0.2) is 0 Å². The molecule has 0 saturated carbocycles. The van der Waals surface area contributed by atoms with Crippen LogP contribution in [0.4, 0.5) is 0 Å². The molecule has 14 heavy (non-hydrogen) atoms. The number of hydrogen-bond donors (Lipinski definition) is 2. The third-order valence-electron chi connectivity index (χ3n) is 2.29. The fourth-order valence-corrected chi connectivity index (χ4v) is 2.83. The molecule has 0 amide bonds. The summed E-state index contributed by atoms with van der Waals surface area (Å²) >= 11 is 1.86. The molecule has 4 heteroatoms. The molecule has 0 aliphatic carbocycles. The number of hydrogen-bond acceptors (Lipinski definition) is 4. The fourth-order valence-electron chi connectivity index (χ4n) is 1.55. The van der Waals surface area contributed by atoms with Crippen molar-refractivity contribution < 1.29 is 5.11 Å². The van der Waals surface area contributed by atoms with Crippen LogP contribution in [0, 0.1) is 0 Å². The quantitative estimate of drug-likeness (QED) is 0.786. The lowest BCUT2D eigenvalue weighted by atomic mass is 10.2. The molecule has 0 radical (unpaired) electrons. The molecule has 0 spiro atoms. The second kappa shape index (κ2) is 4.77. The van der Waals surface area contributed by atoms with E-state index in [0.29, 0.717) is 11.4 Å². The van der Waals surface area contributed by atoms with Crippen molar-refractivity contribution in [3.63, 3.8) is 0 Å². The monoisotopic (exact) mass is 210 g/mol. The van der Waals surface area contributed by atoms with Gasteiger partial charge in [0.2, 0.25) is 0 Å². The molecule has 2 unspecified atom stereocenters. The van der Waals surface area contributed by atoms with Crippen molar-refractivity contribution >= 4 is 11.8 Å². The Kier molecular flexibility index (Phi) is 3.39. The van der Waals surface area contributed by atoms with Gasteiger partial charge in [0.05, 0.1) is 11.1 Å². The number of thioether (sulfide) groups is 1. The van der Waals surface area contributed by atoms with Crippen LogP contribution < -0.4 is 5.32 Å². The Bertz CT molecular complexity index is 281. The molecule has 0 aromatic carbocycles. The predicted molar refractivity (Wildman–Crippen MR) is 58.1 cm³/mol. The minimum atomic E-state index is 0.257. The van der Waals surface area contributed by atoms with Crippen molar-refractivity contribution in [3.8, 4) is 0 Å². The van der Waals surface area contributed by atoms with Crippen molar-refractivity contribution in [3.05, 3.63) is 30.1 Å². The third kappa shape index (κ3) is 2.26. The van der Waals surface area contributed by atoms with Crippen LogP contribution in [0.1, 0.15) is 17.5 Å². The maximum absolute atomic E-state index is 8.82. The van der Waals surface area contributed by atoms with Crippen LogP contribution in [-0.4, -0.2) is 28.5 Å². The van der Waals surface area contributed by atoms with Gasteiger partial charge in [-0.3, -0.25) is 10.3 Å². The van der Waals surface area contributed by atoms with E-state index < -0.39 is 0 Å². The summed E-state index contributed by atoms with van der Waals surface area (Å²) in [6.07, 6.45) is 2.65. The van der Waals surface area contributed by atoms with Crippen molar-refractivity contribution in [2.45, 2.75) is 17.8 Å². The zero-order valence-corrected chi connectivity index (χ0v) is 8.70. The van der Waals surface area contributed by atoms with E-state index in [1.807, 2.05) is 36.2 Å². The van der Waals surface area contributed by atoms with Gasteiger partial charge in [0.25, 0.3) is 0 Å². The molecule has 3 nitrogen and oxygen atoms in total. The molecule has 1 aliphatic rings. The summed E-state index contributed by atoms with van der Waals surface area (Å²) < 4.78 is 0. The smallest absolute Gasteiger partial charge is 0.0964 e. The number of aromatic nitrogens is 1. The molecule has 76 valence electrons. The first-order valence-corrected chi connectivity index (χ1v) is 5.84. The fraction of sp³-hybridized carbons (Fsp3) is 0.500. The second-order valence-electron chi connectivity index (χ2n) is 3.34. The van der Waals surface area contributed by atoms with E-state index in [0.717, 1.165) is 17.9 Å². The number of aliphatic hydroxyl groups excluding tert-OH is 1. The minimum Gasteiger partial charge on any atom is -0.396 e. The number of aliphatic hydroxyl groups is 1. The zero-order valence-electron chi connectivity index (χ0n) is 7.89. The number of nitrogens with zero attached hydrogens (tertiary/aromatic N) is 1. The highest BCUT2D eigenvalue weighted by Gasteiger charge is 2.25. The summed E-state index contributed by atoms with van der Waals surface area (Å²) in [5.74, 6) is 1.06. The average molecular weight is 210 g/mol. The van der Waals surface area contributed by atoms with E-state index in [1.54, 1.807) is 0 Å². The zero-order chi connectivity index (χ0) is 9.80. The van der Waals surface area contributed by atoms with Gasteiger partial charge in [0, 0.05) is 24.6 Å². The van der Waals surface area contributed by atoms with E-state index in [-0.39, 0.29) is 6.61 Å². The predicted octanol–water partition coefficient (Wildman–Crippen LogP) is 1.17. The van der Waals surface area contributed by atoms with E-state index >= 15 is 0 Å². The molecule has 1 saturated heterocycles. The molecule has 2 atom stereocenters. The number of nitrogens with one attached hydrogen (secondary N) is 1. The SMILES string of the molecule is OCCC1CSC(c2ccccn2)N1. The van der Waals surface area contributed by atoms with E-state index in [4.69, 9.17) is 5.11 Å². The van der Waals surface area contributed by atoms with Gasteiger partial charge in [-0.15, -0.1) is 11.8 Å². The Morgan fingerprint density at radius 2 is 2.50 bits per heavy atom. The lowest BCUT2D eigenvalue weighted by Crippen LogP contribution is -2.26. The Morgan fingerprint density at radius 1 is 1.57 bits per heavy atom. The van der Waals surface area contributed by atoms with Gasteiger partial charge in [0.1, 0.15) is 0 Å².